The van der Waals surface area contributed by atoms with Crippen LogP contribution in [-0.2, 0) is 18.4 Å². The standard InChI is InChI=1S/C14H15N3O3S/c1-16(7-10-6-15-17(2)8-10)14(20)11-5-12(21-9-11)3-4-13(18)19/h3-6,8-9H,7H2,1-2H3,(H,18,19). The van der Waals surface area contributed by atoms with Crippen LogP contribution in [0.2, 0.25) is 0 Å². The van der Waals surface area contributed by atoms with E-state index in [1.165, 1.54) is 17.4 Å². The number of hydrogen-bond donors (Lipinski definition) is 1. The highest BCUT2D eigenvalue weighted by Gasteiger charge is 2.14. The Morgan fingerprint density at radius 2 is 2.29 bits per heavy atom. The van der Waals surface area contributed by atoms with Crippen molar-refractivity contribution in [1.82, 2.24) is 14.7 Å². The van der Waals surface area contributed by atoms with E-state index < -0.39 is 5.97 Å². The molecule has 0 unspecified atom stereocenters. The first-order valence-electron chi connectivity index (χ1n) is 6.18. The fraction of sp³-hybridized carbons (Fsp3) is 0.214. The Morgan fingerprint density at radius 1 is 1.52 bits per heavy atom. The van der Waals surface area contributed by atoms with Gasteiger partial charge in [-0.1, -0.05) is 0 Å². The third kappa shape index (κ3) is 4.03. The number of hydrogen-bond acceptors (Lipinski definition) is 4. The molecule has 0 saturated heterocycles. The largest absolute Gasteiger partial charge is 0.478 e. The Kier molecular flexibility index (Phi) is 4.54. The molecular formula is C14H15N3O3S. The number of amides is 1. The van der Waals surface area contributed by atoms with Gasteiger partial charge in [0.05, 0.1) is 11.8 Å². The average molecular weight is 305 g/mol. The molecular weight excluding hydrogens is 290 g/mol. The topological polar surface area (TPSA) is 75.4 Å². The van der Waals surface area contributed by atoms with Crippen LogP contribution in [0.5, 0.6) is 0 Å². The fourth-order valence-corrected chi connectivity index (χ4v) is 2.60. The van der Waals surface area contributed by atoms with E-state index in [9.17, 15) is 9.59 Å². The van der Waals surface area contributed by atoms with Gasteiger partial charge in [0.15, 0.2) is 0 Å². The number of carbonyl (C=O) groups is 2. The monoisotopic (exact) mass is 305 g/mol. The third-order valence-corrected chi connectivity index (χ3v) is 3.68. The first-order chi connectivity index (χ1) is 9.95. The van der Waals surface area contributed by atoms with Gasteiger partial charge in [0.1, 0.15) is 0 Å². The molecule has 1 N–H and O–H groups in total. The first kappa shape index (κ1) is 15.0. The molecule has 0 fully saturated rings. The molecule has 0 aliphatic carbocycles. The Morgan fingerprint density at radius 3 is 2.90 bits per heavy atom. The molecule has 0 aromatic carbocycles. The maximum Gasteiger partial charge on any atom is 0.328 e. The number of carbonyl (C=O) groups excluding carboxylic acids is 1. The van der Waals surface area contributed by atoms with Gasteiger partial charge in [0.2, 0.25) is 0 Å². The van der Waals surface area contributed by atoms with Crippen LogP contribution in [0.1, 0.15) is 20.8 Å². The van der Waals surface area contributed by atoms with E-state index >= 15 is 0 Å². The second kappa shape index (κ2) is 6.36. The summed E-state index contributed by atoms with van der Waals surface area (Å²) in [5.74, 6) is -1.12. The summed E-state index contributed by atoms with van der Waals surface area (Å²) >= 11 is 1.33. The van der Waals surface area contributed by atoms with E-state index in [1.807, 2.05) is 13.2 Å². The molecule has 0 aliphatic heterocycles. The molecule has 2 aromatic rings. The number of carboxylic acids is 1. The van der Waals surface area contributed by atoms with E-state index in [0.29, 0.717) is 12.1 Å². The lowest BCUT2D eigenvalue weighted by atomic mass is 10.2. The summed E-state index contributed by atoms with van der Waals surface area (Å²) in [7, 11) is 3.55. The van der Waals surface area contributed by atoms with Crippen molar-refractivity contribution in [2.75, 3.05) is 7.05 Å². The number of rotatable bonds is 5. The van der Waals surface area contributed by atoms with Gasteiger partial charge in [-0.2, -0.15) is 5.10 Å². The van der Waals surface area contributed by atoms with E-state index in [4.69, 9.17) is 5.11 Å². The normalized spacial score (nSPS) is 11.0. The third-order valence-electron chi connectivity index (χ3n) is 2.78. The summed E-state index contributed by atoms with van der Waals surface area (Å²) < 4.78 is 1.69. The van der Waals surface area contributed by atoms with Gasteiger partial charge in [-0.3, -0.25) is 9.48 Å². The van der Waals surface area contributed by atoms with Crippen molar-refractivity contribution < 1.29 is 14.7 Å². The molecule has 7 heteroatoms. The molecule has 0 atom stereocenters. The number of aromatic nitrogens is 2. The maximum atomic E-state index is 12.3. The lowest BCUT2D eigenvalue weighted by Crippen LogP contribution is -2.25. The van der Waals surface area contributed by atoms with Crippen LogP contribution in [0.15, 0.2) is 29.9 Å². The summed E-state index contributed by atoms with van der Waals surface area (Å²) in [4.78, 5) is 25.1. The zero-order valence-electron chi connectivity index (χ0n) is 11.7. The van der Waals surface area contributed by atoms with E-state index in [1.54, 1.807) is 34.3 Å². The van der Waals surface area contributed by atoms with Crippen LogP contribution in [-0.4, -0.2) is 38.7 Å². The van der Waals surface area contributed by atoms with Crippen molar-refractivity contribution >= 4 is 29.3 Å². The number of thiophene rings is 1. The minimum atomic E-state index is -1.01. The Labute approximate surface area is 125 Å². The van der Waals surface area contributed by atoms with Crippen LogP contribution in [0.25, 0.3) is 6.08 Å². The Bertz CT molecular complexity index is 687. The number of carboxylic acid groups (broad SMARTS) is 1. The van der Waals surface area contributed by atoms with Crippen LogP contribution in [0.4, 0.5) is 0 Å². The SMILES string of the molecule is CN(Cc1cnn(C)c1)C(=O)c1csc(C=CC(=O)O)c1. The summed E-state index contributed by atoms with van der Waals surface area (Å²) in [6, 6.07) is 1.69. The summed E-state index contributed by atoms with van der Waals surface area (Å²) in [5.41, 5.74) is 1.51. The van der Waals surface area contributed by atoms with Crippen molar-refractivity contribution in [3.63, 3.8) is 0 Å². The van der Waals surface area contributed by atoms with Crippen LogP contribution >= 0.6 is 11.3 Å². The van der Waals surface area contributed by atoms with Crippen molar-refractivity contribution in [1.29, 1.82) is 0 Å². The summed E-state index contributed by atoms with van der Waals surface area (Å²) in [6.45, 7) is 0.475. The molecule has 6 nitrogen and oxygen atoms in total. The van der Waals surface area contributed by atoms with Gasteiger partial charge in [0.25, 0.3) is 5.91 Å². The Balaban J connectivity index is 2.03. The highest BCUT2D eigenvalue weighted by atomic mass is 32.1. The van der Waals surface area contributed by atoms with Crippen molar-refractivity contribution in [2.45, 2.75) is 6.54 Å². The molecule has 21 heavy (non-hydrogen) atoms. The number of aryl methyl sites for hydroxylation is 1. The van der Waals surface area contributed by atoms with Crippen LogP contribution in [0, 0.1) is 0 Å². The predicted molar refractivity (Wildman–Crippen MR) is 80.0 cm³/mol. The van der Waals surface area contributed by atoms with Gasteiger partial charge in [-0.15, -0.1) is 11.3 Å². The molecule has 0 aliphatic rings. The fourth-order valence-electron chi connectivity index (χ4n) is 1.83. The smallest absolute Gasteiger partial charge is 0.328 e. The molecule has 0 bridgehead atoms. The molecule has 2 aromatic heterocycles. The van der Waals surface area contributed by atoms with Crippen molar-refractivity contribution in [3.8, 4) is 0 Å². The zero-order valence-corrected chi connectivity index (χ0v) is 12.5. The number of nitrogens with zero attached hydrogens (tertiary/aromatic N) is 3. The molecule has 0 radical (unpaired) electrons. The summed E-state index contributed by atoms with van der Waals surface area (Å²) in [5, 5.41) is 14.4. The van der Waals surface area contributed by atoms with Crippen molar-refractivity contribution in [3.05, 3.63) is 45.9 Å². The second-order valence-corrected chi connectivity index (χ2v) is 5.54. The van der Waals surface area contributed by atoms with Gasteiger partial charge in [-0.05, 0) is 12.1 Å². The highest BCUT2D eigenvalue weighted by Crippen LogP contribution is 2.18. The minimum Gasteiger partial charge on any atom is -0.478 e. The predicted octanol–water partition coefficient (Wildman–Crippen LogP) is 1.85. The van der Waals surface area contributed by atoms with Gasteiger partial charge in [-0.25, -0.2) is 4.79 Å². The zero-order chi connectivity index (χ0) is 15.4. The second-order valence-electron chi connectivity index (χ2n) is 4.59. The quantitative estimate of drug-likeness (QED) is 0.855. The number of aliphatic carboxylic acids is 1. The highest BCUT2D eigenvalue weighted by molar-refractivity contribution is 7.11. The van der Waals surface area contributed by atoms with E-state index in [2.05, 4.69) is 5.10 Å². The van der Waals surface area contributed by atoms with Crippen LogP contribution < -0.4 is 0 Å². The summed E-state index contributed by atoms with van der Waals surface area (Å²) in [6.07, 6.45) is 6.11. The van der Waals surface area contributed by atoms with Gasteiger partial charge >= 0.3 is 5.97 Å². The van der Waals surface area contributed by atoms with Gasteiger partial charge < -0.3 is 10.0 Å². The minimum absolute atomic E-state index is 0.106. The molecule has 110 valence electrons. The van der Waals surface area contributed by atoms with E-state index in [-0.39, 0.29) is 5.91 Å². The van der Waals surface area contributed by atoms with E-state index in [0.717, 1.165) is 16.5 Å². The lowest BCUT2D eigenvalue weighted by Gasteiger charge is -2.15. The lowest BCUT2D eigenvalue weighted by molar-refractivity contribution is -0.131. The molecule has 0 spiro atoms. The molecule has 2 heterocycles. The average Bonchev–Trinajstić information content (AvgIpc) is 3.04. The first-order valence-corrected chi connectivity index (χ1v) is 7.06. The Hall–Kier alpha value is -2.41. The molecule has 0 saturated carbocycles. The molecule has 1 amide bonds. The van der Waals surface area contributed by atoms with Crippen LogP contribution in [0.3, 0.4) is 0 Å². The maximum absolute atomic E-state index is 12.3. The molecule has 2 rings (SSSR count). The van der Waals surface area contributed by atoms with Crippen molar-refractivity contribution in [2.24, 2.45) is 7.05 Å². The van der Waals surface area contributed by atoms with Gasteiger partial charge in [0, 0.05) is 48.7 Å².